The van der Waals surface area contributed by atoms with Gasteiger partial charge in [-0.25, -0.2) is 4.98 Å². The predicted octanol–water partition coefficient (Wildman–Crippen LogP) is 3.11. The van der Waals surface area contributed by atoms with Gasteiger partial charge in [0.2, 0.25) is 0 Å². The number of nitriles is 1. The van der Waals surface area contributed by atoms with Crippen molar-refractivity contribution in [1.29, 1.82) is 5.26 Å². The fourth-order valence-corrected chi connectivity index (χ4v) is 2.75. The first-order valence-electron chi connectivity index (χ1n) is 6.46. The molecule has 0 atom stereocenters. The average Bonchev–Trinajstić information content (AvgIpc) is 2.52. The van der Waals surface area contributed by atoms with E-state index < -0.39 is 5.97 Å². The lowest BCUT2D eigenvalue weighted by atomic mass is 10.0. The van der Waals surface area contributed by atoms with Crippen LogP contribution in [0.5, 0.6) is 5.75 Å². The summed E-state index contributed by atoms with van der Waals surface area (Å²) in [5.41, 5.74) is 2.73. The van der Waals surface area contributed by atoms with Gasteiger partial charge in [-0.3, -0.25) is 4.79 Å². The molecule has 1 aromatic heterocycles. The number of aliphatic carboxylic acids is 1. The maximum Gasteiger partial charge on any atom is 0.313 e. The SMILES string of the molecule is COc1ccc(-c2cc(C)nc(SCC(=O)O)c2C#N)cc1. The fourth-order valence-electron chi connectivity index (χ4n) is 1.99. The van der Waals surface area contributed by atoms with E-state index in [1.54, 1.807) is 7.11 Å². The van der Waals surface area contributed by atoms with E-state index in [-0.39, 0.29) is 5.75 Å². The van der Waals surface area contributed by atoms with E-state index in [0.717, 1.165) is 34.3 Å². The van der Waals surface area contributed by atoms with E-state index >= 15 is 0 Å². The largest absolute Gasteiger partial charge is 0.497 e. The second kappa shape index (κ2) is 6.96. The van der Waals surface area contributed by atoms with Crippen molar-refractivity contribution in [3.63, 3.8) is 0 Å². The molecule has 0 saturated heterocycles. The van der Waals surface area contributed by atoms with Crippen LogP contribution in [0.2, 0.25) is 0 Å². The van der Waals surface area contributed by atoms with Gasteiger partial charge in [0.15, 0.2) is 0 Å². The van der Waals surface area contributed by atoms with Crippen molar-refractivity contribution in [1.82, 2.24) is 4.98 Å². The van der Waals surface area contributed by atoms with Gasteiger partial charge in [-0.05, 0) is 30.7 Å². The molecular weight excluding hydrogens is 300 g/mol. The number of carboxylic acids is 1. The van der Waals surface area contributed by atoms with Crippen LogP contribution in [-0.2, 0) is 4.79 Å². The van der Waals surface area contributed by atoms with E-state index in [4.69, 9.17) is 9.84 Å². The number of aromatic nitrogens is 1. The predicted molar refractivity (Wildman–Crippen MR) is 84.0 cm³/mol. The van der Waals surface area contributed by atoms with Crippen molar-refractivity contribution in [3.8, 4) is 22.9 Å². The number of aryl methyl sites for hydroxylation is 1. The second-order valence-electron chi connectivity index (χ2n) is 4.51. The normalized spacial score (nSPS) is 10.0. The van der Waals surface area contributed by atoms with E-state index in [9.17, 15) is 10.1 Å². The van der Waals surface area contributed by atoms with Crippen LogP contribution in [0.4, 0.5) is 0 Å². The quantitative estimate of drug-likeness (QED) is 0.854. The molecule has 0 aliphatic rings. The lowest BCUT2D eigenvalue weighted by Crippen LogP contribution is -2.01. The third-order valence-corrected chi connectivity index (χ3v) is 3.92. The molecule has 6 heteroatoms. The summed E-state index contributed by atoms with van der Waals surface area (Å²) in [6.45, 7) is 1.82. The molecule has 0 unspecified atom stereocenters. The summed E-state index contributed by atoms with van der Waals surface area (Å²) < 4.78 is 5.13. The summed E-state index contributed by atoms with van der Waals surface area (Å²) in [4.78, 5) is 15.0. The number of benzene rings is 1. The van der Waals surface area contributed by atoms with Crippen LogP contribution >= 0.6 is 11.8 Å². The maximum absolute atomic E-state index is 10.7. The van der Waals surface area contributed by atoms with Crippen molar-refractivity contribution >= 4 is 17.7 Å². The van der Waals surface area contributed by atoms with Gasteiger partial charge in [-0.15, -0.1) is 0 Å². The Morgan fingerprint density at radius 3 is 2.64 bits per heavy atom. The monoisotopic (exact) mass is 314 g/mol. The lowest BCUT2D eigenvalue weighted by Gasteiger charge is -2.10. The first-order valence-corrected chi connectivity index (χ1v) is 7.44. The molecule has 1 aromatic carbocycles. The number of carboxylic acid groups (broad SMARTS) is 1. The molecule has 0 radical (unpaired) electrons. The Morgan fingerprint density at radius 1 is 1.41 bits per heavy atom. The zero-order valence-corrected chi connectivity index (χ0v) is 13.0. The number of hydrogen-bond donors (Lipinski definition) is 1. The maximum atomic E-state index is 10.7. The topological polar surface area (TPSA) is 83.2 Å². The van der Waals surface area contributed by atoms with E-state index in [2.05, 4.69) is 11.1 Å². The van der Waals surface area contributed by atoms with Gasteiger partial charge in [0.1, 0.15) is 16.8 Å². The highest BCUT2D eigenvalue weighted by atomic mass is 32.2. The number of rotatable bonds is 5. The molecule has 0 saturated carbocycles. The molecular formula is C16H14N2O3S. The molecule has 112 valence electrons. The Kier molecular flexibility index (Phi) is 5.02. The minimum absolute atomic E-state index is 0.132. The molecule has 0 bridgehead atoms. The molecule has 1 N–H and O–H groups in total. The minimum Gasteiger partial charge on any atom is -0.497 e. The summed E-state index contributed by atoms with van der Waals surface area (Å²) in [6.07, 6.45) is 0. The van der Waals surface area contributed by atoms with Gasteiger partial charge in [0.25, 0.3) is 0 Å². The van der Waals surface area contributed by atoms with Crippen molar-refractivity contribution in [2.24, 2.45) is 0 Å². The molecule has 0 spiro atoms. The van der Waals surface area contributed by atoms with Crippen LogP contribution in [-0.4, -0.2) is 28.9 Å². The molecule has 0 amide bonds. The van der Waals surface area contributed by atoms with Crippen molar-refractivity contribution in [2.45, 2.75) is 11.9 Å². The number of methoxy groups -OCH3 is 1. The third-order valence-electron chi connectivity index (χ3n) is 2.96. The van der Waals surface area contributed by atoms with Crippen molar-refractivity contribution in [2.75, 3.05) is 12.9 Å². The Balaban J connectivity index is 2.49. The van der Waals surface area contributed by atoms with Crippen LogP contribution in [0.1, 0.15) is 11.3 Å². The van der Waals surface area contributed by atoms with Crippen LogP contribution in [0, 0.1) is 18.3 Å². The van der Waals surface area contributed by atoms with Crippen LogP contribution < -0.4 is 4.74 Å². The zero-order valence-electron chi connectivity index (χ0n) is 12.2. The number of pyridine rings is 1. The summed E-state index contributed by atoms with van der Waals surface area (Å²) in [5.74, 6) is -0.343. The highest BCUT2D eigenvalue weighted by Gasteiger charge is 2.14. The standard InChI is InChI=1S/C16H14N2O3S/c1-10-7-13(11-3-5-12(21-2)6-4-11)14(8-17)16(18-10)22-9-15(19)20/h3-7H,9H2,1-2H3,(H,19,20). The van der Waals surface area contributed by atoms with Gasteiger partial charge >= 0.3 is 5.97 Å². The molecule has 2 rings (SSSR count). The Hall–Kier alpha value is -2.52. The molecule has 1 heterocycles. The fraction of sp³-hybridized carbons (Fsp3) is 0.188. The molecule has 0 aliphatic heterocycles. The lowest BCUT2D eigenvalue weighted by molar-refractivity contribution is -0.133. The van der Waals surface area contributed by atoms with Gasteiger partial charge < -0.3 is 9.84 Å². The third kappa shape index (κ3) is 3.57. The number of carbonyl (C=O) groups is 1. The minimum atomic E-state index is -0.941. The average molecular weight is 314 g/mol. The van der Waals surface area contributed by atoms with Crippen molar-refractivity contribution in [3.05, 3.63) is 41.6 Å². The van der Waals surface area contributed by atoms with Gasteiger partial charge in [-0.2, -0.15) is 5.26 Å². The van der Waals surface area contributed by atoms with Crippen LogP contribution in [0.25, 0.3) is 11.1 Å². The number of ether oxygens (including phenoxy) is 1. The van der Waals surface area contributed by atoms with E-state index in [1.165, 1.54) is 0 Å². The Labute approximate surface area is 132 Å². The Morgan fingerprint density at radius 2 is 2.09 bits per heavy atom. The molecule has 22 heavy (non-hydrogen) atoms. The van der Waals surface area contributed by atoms with Crippen molar-refractivity contribution < 1.29 is 14.6 Å². The molecule has 5 nitrogen and oxygen atoms in total. The summed E-state index contributed by atoms with van der Waals surface area (Å²) in [6, 6.07) is 11.3. The smallest absolute Gasteiger partial charge is 0.313 e. The second-order valence-corrected chi connectivity index (χ2v) is 5.48. The molecule has 2 aromatic rings. The Bertz CT molecular complexity index is 736. The summed E-state index contributed by atoms with van der Waals surface area (Å²) >= 11 is 1.05. The first kappa shape index (κ1) is 15.9. The summed E-state index contributed by atoms with van der Waals surface area (Å²) in [7, 11) is 1.59. The zero-order chi connectivity index (χ0) is 16.1. The van der Waals surface area contributed by atoms with E-state index in [1.807, 2.05) is 37.3 Å². The van der Waals surface area contributed by atoms with Gasteiger partial charge in [0, 0.05) is 11.3 Å². The van der Waals surface area contributed by atoms with E-state index in [0.29, 0.717) is 10.6 Å². The summed E-state index contributed by atoms with van der Waals surface area (Å²) in [5, 5.41) is 18.7. The highest BCUT2D eigenvalue weighted by Crippen LogP contribution is 2.31. The molecule has 0 aliphatic carbocycles. The number of hydrogen-bond acceptors (Lipinski definition) is 5. The van der Waals surface area contributed by atoms with Crippen LogP contribution in [0.15, 0.2) is 35.4 Å². The first-order chi connectivity index (χ1) is 10.5. The van der Waals surface area contributed by atoms with Crippen LogP contribution in [0.3, 0.4) is 0 Å². The highest BCUT2D eigenvalue weighted by molar-refractivity contribution is 7.99. The molecule has 0 fully saturated rings. The van der Waals surface area contributed by atoms with Gasteiger partial charge in [0.05, 0.1) is 18.4 Å². The van der Waals surface area contributed by atoms with Gasteiger partial charge in [-0.1, -0.05) is 23.9 Å². The number of nitrogens with zero attached hydrogens (tertiary/aromatic N) is 2. The number of thioether (sulfide) groups is 1.